The van der Waals surface area contributed by atoms with Gasteiger partial charge in [0.05, 0.1) is 6.20 Å². The largest absolute Gasteiger partial charge is 0.356 e. The number of nitrogens with zero attached hydrogens (tertiary/aromatic N) is 2. The van der Waals surface area contributed by atoms with Crippen LogP contribution in [0.1, 0.15) is 33.3 Å². The highest BCUT2D eigenvalue weighted by molar-refractivity contribution is 5.48. The molecular formula is C15H24FN3. The molecule has 1 saturated heterocycles. The number of hydrogen-bond donors (Lipinski definition) is 1. The van der Waals surface area contributed by atoms with E-state index in [9.17, 15) is 4.39 Å². The maximum absolute atomic E-state index is 13.4. The number of anilines is 1. The zero-order chi connectivity index (χ0) is 14.0. The van der Waals surface area contributed by atoms with Gasteiger partial charge in [0, 0.05) is 31.2 Å². The molecule has 0 saturated carbocycles. The normalized spacial score (nSPS) is 23.4. The van der Waals surface area contributed by atoms with Crippen molar-refractivity contribution < 1.29 is 4.39 Å². The van der Waals surface area contributed by atoms with Crippen LogP contribution >= 0.6 is 0 Å². The maximum Gasteiger partial charge on any atom is 0.141 e. The van der Waals surface area contributed by atoms with E-state index >= 15 is 0 Å². The van der Waals surface area contributed by atoms with Gasteiger partial charge in [-0.1, -0.05) is 27.7 Å². The highest BCUT2D eigenvalue weighted by atomic mass is 19.1. The van der Waals surface area contributed by atoms with Crippen LogP contribution in [-0.2, 0) is 6.54 Å². The van der Waals surface area contributed by atoms with E-state index in [0.29, 0.717) is 24.4 Å². The van der Waals surface area contributed by atoms with Gasteiger partial charge in [-0.2, -0.15) is 0 Å². The van der Waals surface area contributed by atoms with Gasteiger partial charge in [-0.15, -0.1) is 0 Å². The van der Waals surface area contributed by atoms with Gasteiger partial charge in [0.15, 0.2) is 0 Å². The highest BCUT2D eigenvalue weighted by Crippen LogP contribution is 2.28. The monoisotopic (exact) mass is 265 g/mol. The average molecular weight is 265 g/mol. The van der Waals surface area contributed by atoms with E-state index in [1.807, 2.05) is 0 Å². The summed E-state index contributed by atoms with van der Waals surface area (Å²) >= 11 is 0. The number of hydrogen-bond acceptors (Lipinski definition) is 3. The van der Waals surface area contributed by atoms with Crippen LogP contribution in [0.4, 0.5) is 10.2 Å². The van der Waals surface area contributed by atoms with Crippen molar-refractivity contribution in [2.45, 2.75) is 40.3 Å². The summed E-state index contributed by atoms with van der Waals surface area (Å²) in [5, 5.41) is 3.34. The molecule has 1 aromatic rings. The van der Waals surface area contributed by atoms with Crippen LogP contribution in [0.15, 0.2) is 12.3 Å². The van der Waals surface area contributed by atoms with E-state index < -0.39 is 0 Å². The Hall–Kier alpha value is -1.16. The van der Waals surface area contributed by atoms with E-state index in [2.05, 4.69) is 42.9 Å². The molecule has 4 heteroatoms. The van der Waals surface area contributed by atoms with Crippen molar-refractivity contribution in [2.75, 3.05) is 18.0 Å². The molecule has 0 spiro atoms. The zero-order valence-corrected chi connectivity index (χ0v) is 12.3. The van der Waals surface area contributed by atoms with Gasteiger partial charge in [-0.25, -0.2) is 9.37 Å². The molecular weight excluding hydrogens is 241 g/mol. The van der Waals surface area contributed by atoms with E-state index in [0.717, 1.165) is 24.5 Å². The van der Waals surface area contributed by atoms with Crippen molar-refractivity contribution in [3.63, 3.8) is 0 Å². The van der Waals surface area contributed by atoms with Crippen LogP contribution in [-0.4, -0.2) is 24.1 Å². The van der Waals surface area contributed by atoms with Gasteiger partial charge in [-0.3, -0.25) is 0 Å². The number of halogens is 1. The first-order chi connectivity index (χ1) is 8.97. The molecule has 1 aliphatic rings. The topological polar surface area (TPSA) is 28.2 Å². The fraction of sp³-hybridized carbons (Fsp3) is 0.667. The second kappa shape index (κ2) is 5.87. The lowest BCUT2D eigenvalue weighted by atomic mass is 10.0. The van der Waals surface area contributed by atoms with Crippen LogP contribution in [0, 0.1) is 17.7 Å². The fourth-order valence-corrected chi connectivity index (χ4v) is 2.51. The van der Waals surface area contributed by atoms with Crippen molar-refractivity contribution in [1.82, 2.24) is 10.3 Å². The third kappa shape index (κ3) is 3.44. The Kier molecular flexibility index (Phi) is 4.40. The minimum absolute atomic E-state index is 0.260. The summed E-state index contributed by atoms with van der Waals surface area (Å²) in [6.45, 7) is 11.4. The molecule has 1 fully saturated rings. The molecule has 2 atom stereocenters. The second-order valence-electron chi connectivity index (χ2n) is 6.03. The first kappa shape index (κ1) is 14.3. The van der Waals surface area contributed by atoms with Crippen LogP contribution < -0.4 is 10.2 Å². The minimum Gasteiger partial charge on any atom is -0.356 e. The van der Waals surface area contributed by atoms with Crippen molar-refractivity contribution in [3.05, 3.63) is 23.6 Å². The lowest BCUT2D eigenvalue weighted by Crippen LogP contribution is -2.26. The van der Waals surface area contributed by atoms with Gasteiger partial charge in [0.1, 0.15) is 11.6 Å². The summed E-state index contributed by atoms with van der Waals surface area (Å²) in [5.74, 6) is 2.01. The molecule has 106 valence electrons. The Balaban J connectivity index is 2.19. The van der Waals surface area contributed by atoms with E-state index in [4.69, 9.17) is 0 Å². The lowest BCUT2D eigenvalue weighted by molar-refractivity contribution is 0.494. The first-order valence-corrected chi connectivity index (χ1v) is 7.10. The van der Waals surface area contributed by atoms with Gasteiger partial charge in [-0.05, 0) is 17.9 Å². The maximum atomic E-state index is 13.4. The van der Waals surface area contributed by atoms with Gasteiger partial charge in [0.2, 0.25) is 0 Å². The molecule has 0 aromatic carbocycles. The molecule has 3 nitrogen and oxygen atoms in total. The predicted octanol–water partition coefficient (Wildman–Crippen LogP) is 2.81. The van der Waals surface area contributed by atoms with Crippen molar-refractivity contribution >= 4 is 5.82 Å². The summed E-state index contributed by atoms with van der Waals surface area (Å²) < 4.78 is 13.4. The van der Waals surface area contributed by atoms with Crippen molar-refractivity contribution in [1.29, 1.82) is 0 Å². The summed E-state index contributed by atoms with van der Waals surface area (Å²) in [6, 6.07) is 1.98. The summed E-state index contributed by atoms with van der Waals surface area (Å²) in [6.07, 6.45) is 1.32. The molecule has 1 aliphatic heterocycles. The smallest absolute Gasteiger partial charge is 0.141 e. The third-order valence-electron chi connectivity index (χ3n) is 3.90. The molecule has 0 amide bonds. The molecule has 1 N–H and O–H groups in total. The number of nitrogens with one attached hydrogen (secondary N) is 1. The standard InChI is InChI=1S/C15H24FN3/c1-10(2)17-6-13-5-14(16)7-18-15(13)19-8-11(3)12(4)9-19/h5,7,10-12,17H,6,8-9H2,1-4H3. The summed E-state index contributed by atoms with van der Waals surface area (Å²) in [7, 11) is 0. The molecule has 2 heterocycles. The van der Waals surface area contributed by atoms with E-state index in [1.54, 1.807) is 6.07 Å². The minimum atomic E-state index is -0.260. The van der Waals surface area contributed by atoms with Gasteiger partial charge in [0.25, 0.3) is 0 Å². The average Bonchev–Trinajstić information content (AvgIpc) is 2.67. The molecule has 2 rings (SSSR count). The number of aromatic nitrogens is 1. The molecule has 0 radical (unpaired) electrons. The Morgan fingerprint density at radius 2 is 2.00 bits per heavy atom. The third-order valence-corrected chi connectivity index (χ3v) is 3.90. The van der Waals surface area contributed by atoms with Crippen LogP contribution in [0.3, 0.4) is 0 Å². The van der Waals surface area contributed by atoms with E-state index in [-0.39, 0.29) is 5.82 Å². The Bertz CT molecular complexity index is 423. The molecule has 2 unspecified atom stereocenters. The van der Waals surface area contributed by atoms with Crippen LogP contribution in [0.2, 0.25) is 0 Å². The molecule has 0 bridgehead atoms. The molecule has 19 heavy (non-hydrogen) atoms. The number of rotatable bonds is 4. The SMILES string of the molecule is CC(C)NCc1cc(F)cnc1N1CC(C)C(C)C1. The summed E-state index contributed by atoms with van der Waals surface area (Å²) in [4.78, 5) is 6.60. The Labute approximate surface area is 115 Å². The van der Waals surface area contributed by atoms with Crippen molar-refractivity contribution in [3.8, 4) is 0 Å². The predicted molar refractivity (Wildman–Crippen MR) is 76.7 cm³/mol. The first-order valence-electron chi connectivity index (χ1n) is 7.10. The molecule has 0 aliphatic carbocycles. The second-order valence-corrected chi connectivity index (χ2v) is 6.03. The van der Waals surface area contributed by atoms with Crippen molar-refractivity contribution in [2.24, 2.45) is 11.8 Å². The fourth-order valence-electron chi connectivity index (χ4n) is 2.51. The Morgan fingerprint density at radius 3 is 2.58 bits per heavy atom. The van der Waals surface area contributed by atoms with Crippen LogP contribution in [0.5, 0.6) is 0 Å². The van der Waals surface area contributed by atoms with Gasteiger partial charge < -0.3 is 10.2 Å². The Morgan fingerprint density at radius 1 is 1.37 bits per heavy atom. The lowest BCUT2D eigenvalue weighted by Gasteiger charge is -2.21. The van der Waals surface area contributed by atoms with Gasteiger partial charge >= 0.3 is 0 Å². The van der Waals surface area contributed by atoms with Crippen LogP contribution in [0.25, 0.3) is 0 Å². The van der Waals surface area contributed by atoms with E-state index in [1.165, 1.54) is 6.20 Å². The highest BCUT2D eigenvalue weighted by Gasteiger charge is 2.28. The quantitative estimate of drug-likeness (QED) is 0.907. The number of pyridine rings is 1. The zero-order valence-electron chi connectivity index (χ0n) is 12.3. The summed E-state index contributed by atoms with van der Waals surface area (Å²) in [5.41, 5.74) is 0.954. The molecule has 1 aromatic heterocycles.